The molecule has 0 heterocycles. The van der Waals surface area contributed by atoms with Crippen LogP contribution in [0, 0.1) is 13.8 Å². The second-order valence-corrected chi connectivity index (χ2v) is 5.62. The van der Waals surface area contributed by atoms with Gasteiger partial charge in [0.25, 0.3) is 5.91 Å². The predicted octanol–water partition coefficient (Wildman–Crippen LogP) is 2.30. The van der Waals surface area contributed by atoms with Crippen molar-refractivity contribution in [1.82, 2.24) is 9.80 Å². The maximum Gasteiger partial charge on any atom is 0.254 e. The van der Waals surface area contributed by atoms with E-state index in [-0.39, 0.29) is 5.91 Å². The summed E-state index contributed by atoms with van der Waals surface area (Å²) in [6.07, 6.45) is 0.958. The summed E-state index contributed by atoms with van der Waals surface area (Å²) < 4.78 is 0. The SMILES string of the molecule is CCCN(CCN(C)C)C(=O)c1cc(N)c(C)cc1C. The number of hydrogen-bond acceptors (Lipinski definition) is 3. The second-order valence-electron chi connectivity index (χ2n) is 5.62. The molecule has 1 aromatic carbocycles. The Labute approximate surface area is 122 Å². The lowest BCUT2D eigenvalue weighted by molar-refractivity contribution is 0.0744. The first kappa shape index (κ1) is 16.5. The van der Waals surface area contributed by atoms with Gasteiger partial charge < -0.3 is 15.5 Å². The van der Waals surface area contributed by atoms with E-state index in [1.165, 1.54) is 0 Å². The van der Waals surface area contributed by atoms with E-state index in [2.05, 4.69) is 11.8 Å². The Hall–Kier alpha value is -1.55. The molecule has 0 saturated carbocycles. The van der Waals surface area contributed by atoms with Crippen LogP contribution in [0.15, 0.2) is 12.1 Å². The molecule has 0 aromatic heterocycles. The van der Waals surface area contributed by atoms with E-state index in [0.717, 1.165) is 42.7 Å². The van der Waals surface area contributed by atoms with E-state index in [0.29, 0.717) is 5.69 Å². The van der Waals surface area contributed by atoms with E-state index in [9.17, 15) is 4.79 Å². The summed E-state index contributed by atoms with van der Waals surface area (Å²) in [7, 11) is 4.04. The van der Waals surface area contributed by atoms with Gasteiger partial charge in [-0.2, -0.15) is 0 Å². The summed E-state index contributed by atoms with van der Waals surface area (Å²) in [5.41, 5.74) is 9.37. The number of benzene rings is 1. The molecule has 0 spiro atoms. The molecule has 0 radical (unpaired) electrons. The Morgan fingerprint density at radius 3 is 2.30 bits per heavy atom. The number of nitrogens with zero attached hydrogens (tertiary/aromatic N) is 2. The largest absolute Gasteiger partial charge is 0.398 e. The van der Waals surface area contributed by atoms with E-state index >= 15 is 0 Å². The number of rotatable bonds is 6. The maximum atomic E-state index is 12.7. The molecule has 112 valence electrons. The Balaban J connectivity index is 2.96. The Morgan fingerprint density at radius 2 is 1.75 bits per heavy atom. The number of likely N-dealkylation sites (N-methyl/N-ethyl adjacent to an activating group) is 1. The number of amides is 1. The number of anilines is 1. The van der Waals surface area contributed by atoms with Crippen molar-refractivity contribution < 1.29 is 4.79 Å². The minimum Gasteiger partial charge on any atom is -0.398 e. The molecule has 2 N–H and O–H groups in total. The predicted molar refractivity (Wildman–Crippen MR) is 85.1 cm³/mol. The van der Waals surface area contributed by atoms with E-state index in [1.54, 1.807) is 0 Å². The lowest BCUT2D eigenvalue weighted by Gasteiger charge is -2.25. The van der Waals surface area contributed by atoms with Gasteiger partial charge in [0.05, 0.1) is 0 Å². The van der Waals surface area contributed by atoms with E-state index < -0.39 is 0 Å². The summed E-state index contributed by atoms with van der Waals surface area (Å²) in [6, 6.07) is 3.80. The molecule has 0 atom stereocenters. The highest BCUT2D eigenvalue weighted by Gasteiger charge is 2.18. The number of carbonyl (C=O) groups is 1. The summed E-state index contributed by atoms with van der Waals surface area (Å²) >= 11 is 0. The van der Waals surface area contributed by atoms with Crippen molar-refractivity contribution >= 4 is 11.6 Å². The zero-order valence-corrected chi connectivity index (χ0v) is 13.4. The van der Waals surface area contributed by atoms with Gasteiger partial charge in [-0.1, -0.05) is 13.0 Å². The molecule has 4 heteroatoms. The highest BCUT2D eigenvalue weighted by atomic mass is 16.2. The quantitative estimate of drug-likeness (QED) is 0.812. The highest BCUT2D eigenvalue weighted by molar-refractivity contribution is 5.96. The summed E-state index contributed by atoms with van der Waals surface area (Å²) in [5.74, 6) is 0.0814. The average molecular weight is 277 g/mol. The maximum absolute atomic E-state index is 12.7. The molecule has 0 fully saturated rings. The second kappa shape index (κ2) is 7.29. The molecular weight excluding hydrogens is 250 g/mol. The molecular formula is C16H27N3O. The van der Waals surface area contributed by atoms with Crippen molar-refractivity contribution in [3.05, 3.63) is 28.8 Å². The molecule has 1 rings (SSSR count). The topological polar surface area (TPSA) is 49.6 Å². The van der Waals surface area contributed by atoms with Gasteiger partial charge in [0.1, 0.15) is 0 Å². The summed E-state index contributed by atoms with van der Waals surface area (Å²) in [6.45, 7) is 8.41. The molecule has 0 aliphatic heterocycles. The Kier molecular flexibility index (Phi) is 6.02. The van der Waals surface area contributed by atoms with Gasteiger partial charge in [-0.15, -0.1) is 0 Å². The van der Waals surface area contributed by atoms with E-state index in [1.807, 2.05) is 45.0 Å². The molecule has 1 aromatic rings. The Morgan fingerprint density at radius 1 is 1.10 bits per heavy atom. The van der Waals surface area contributed by atoms with Crippen LogP contribution < -0.4 is 5.73 Å². The summed E-state index contributed by atoms with van der Waals surface area (Å²) in [5, 5.41) is 0. The van der Waals surface area contributed by atoms with Crippen LogP contribution in [0.3, 0.4) is 0 Å². The van der Waals surface area contributed by atoms with Crippen molar-refractivity contribution in [2.75, 3.05) is 39.5 Å². The van der Waals surface area contributed by atoms with Gasteiger partial charge in [-0.05, 0) is 51.6 Å². The fraction of sp³-hybridized carbons (Fsp3) is 0.562. The third-order valence-electron chi connectivity index (χ3n) is 3.44. The average Bonchev–Trinajstić information content (AvgIpc) is 2.37. The third kappa shape index (κ3) is 4.23. The molecule has 0 unspecified atom stereocenters. The molecule has 1 amide bonds. The Bertz CT molecular complexity index is 469. The lowest BCUT2D eigenvalue weighted by atomic mass is 10.0. The number of aryl methyl sites for hydroxylation is 2. The zero-order valence-electron chi connectivity index (χ0n) is 13.4. The van der Waals surface area contributed by atoms with Crippen LogP contribution in [0.25, 0.3) is 0 Å². The first-order chi connectivity index (χ1) is 9.36. The number of nitrogen functional groups attached to an aromatic ring is 1. The molecule has 0 saturated heterocycles. The fourth-order valence-corrected chi connectivity index (χ4v) is 2.18. The van der Waals surface area contributed by atoms with E-state index in [4.69, 9.17) is 5.73 Å². The molecule has 0 bridgehead atoms. The molecule has 0 aliphatic carbocycles. The van der Waals surface area contributed by atoms with Crippen LogP contribution in [0.2, 0.25) is 0 Å². The number of carbonyl (C=O) groups excluding carboxylic acids is 1. The minimum atomic E-state index is 0.0814. The first-order valence-electron chi connectivity index (χ1n) is 7.17. The molecule has 4 nitrogen and oxygen atoms in total. The van der Waals surface area contributed by atoms with Crippen molar-refractivity contribution in [2.24, 2.45) is 0 Å². The van der Waals surface area contributed by atoms with Crippen molar-refractivity contribution in [1.29, 1.82) is 0 Å². The zero-order chi connectivity index (χ0) is 15.3. The first-order valence-corrected chi connectivity index (χ1v) is 7.17. The summed E-state index contributed by atoms with van der Waals surface area (Å²) in [4.78, 5) is 16.7. The number of hydrogen-bond donors (Lipinski definition) is 1. The van der Waals surface area contributed by atoms with Crippen LogP contribution >= 0.6 is 0 Å². The smallest absolute Gasteiger partial charge is 0.254 e. The fourth-order valence-electron chi connectivity index (χ4n) is 2.18. The van der Waals surface area contributed by atoms with Gasteiger partial charge in [-0.3, -0.25) is 4.79 Å². The number of nitrogens with two attached hydrogens (primary N) is 1. The van der Waals surface area contributed by atoms with Crippen LogP contribution in [0.5, 0.6) is 0 Å². The monoisotopic (exact) mass is 277 g/mol. The molecule has 20 heavy (non-hydrogen) atoms. The van der Waals surface area contributed by atoms with Gasteiger partial charge in [0.2, 0.25) is 0 Å². The minimum absolute atomic E-state index is 0.0814. The van der Waals surface area contributed by atoms with Crippen LogP contribution in [0.1, 0.15) is 34.8 Å². The van der Waals surface area contributed by atoms with Gasteiger partial charge >= 0.3 is 0 Å². The van der Waals surface area contributed by atoms with Crippen molar-refractivity contribution in [3.63, 3.8) is 0 Å². The third-order valence-corrected chi connectivity index (χ3v) is 3.44. The van der Waals surface area contributed by atoms with Crippen molar-refractivity contribution in [3.8, 4) is 0 Å². The molecule has 0 aliphatic rings. The van der Waals surface area contributed by atoms with Gasteiger partial charge in [0.15, 0.2) is 0 Å². The standard InChI is InChI=1S/C16H27N3O/c1-6-7-19(9-8-18(4)5)16(20)14-11-15(17)13(3)10-12(14)2/h10-11H,6-9,17H2,1-5H3. The van der Waals surface area contributed by atoms with Crippen LogP contribution in [-0.4, -0.2) is 49.4 Å². The normalized spacial score (nSPS) is 10.9. The van der Waals surface area contributed by atoms with Gasteiger partial charge in [0, 0.05) is 30.9 Å². The van der Waals surface area contributed by atoms with Crippen LogP contribution in [0.4, 0.5) is 5.69 Å². The lowest BCUT2D eigenvalue weighted by Crippen LogP contribution is -2.37. The van der Waals surface area contributed by atoms with Crippen LogP contribution in [-0.2, 0) is 0 Å². The van der Waals surface area contributed by atoms with Crippen molar-refractivity contribution in [2.45, 2.75) is 27.2 Å². The van der Waals surface area contributed by atoms with Gasteiger partial charge in [-0.25, -0.2) is 0 Å². The highest BCUT2D eigenvalue weighted by Crippen LogP contribution is 2.19.